The third kappa shape index (κ3) is 8.63. The lowest BCUT2D eigenvalue weighted by molar-refractivity contribution is -0.131. The molecule has 0 aromatic heterocycles. The van der Waals surface area contributed by atoms with Crippen molar-refractivity contribution in [3.05, 3.63) is 0 Å². The minimum Gasteiger partial charge on any atom is -0.368 e. The Kier molecular flexibility index (Phi) is 8.77. The third-order valence-corrected chi connectivity index (χ3v) is 2.84. The van der Waals surface area contributed by atoms with Crippen LogP contribution in [0.1, 0.15) is 46.5 Å². The van der Waals surface area contributed by atoms with Gasteiger partial charge in [-0.3, -0.25) is 14.4 Å². The van der Waals surface area contributed by atoms with Crippen molar-refractivity contribution in [3.8, 4) is 6.07 Å². The molecule has 0 unspecified atom stereocenters. The molecule has 0 aliphatic heterocycles. The summed E-state index contributed by atoms with van der Waals surface area (Å²) in [4.78, 5) is 34.6. The highest BCUT2D eigenvalue weighted by atomic mass is 16.2. The molecule has 118 valence electrons. The number of carbonyl (C=O) groups excluding carboxylic acids is 3. The van der Waals surface area contributed by atoms with Gasteiger partial charge in [0.05, 0.1) is 6.07 Å². The molecular formula is C14H24N4O3. The molecule has 0 aromatic carbocycles. The summed E-state index contributed by atoms with van der Waals surface area (Å²) < 4.78 is 0. The van der Waals surface area contributed by atoms with Gasteiger partial charge >= 0.3 is 0 Å². The topological polar surface area (TPSA) is 125 Å². The predicted molar refractivity (Wildman–Crippen MR) is 77.6 cm³/mol. The fourth-order valence-electron chi connectivity index (χ4n) is 1.89. The van der Waals surface area contributed by atoms with Crippen LogP contribution in [0.2, 0.25) is 0 Å². The maximum Gasteiger partial charge on any atom is 0.243 e. The van der Waals surface area contributed by atoms with E-state index in [9.17, 15) is 14.4 Å². The number of hydrogen-bond donors (Lipinski definition) is 3. The molecule has 0 bridgehead atoms. The molecular weight excluding hydrogens is 272 g/mol. The summed E-state index contributed by atoms with van der Waals surface area (Å²) in [5.41, 5.74) is 5.25. The normalized spacial score (nSPS) is 13.1. The van der Waals surface area contributed by atoms with E-state index in [1.54, 1.807) is 0 Å². The van der Waals surface area contributed by atoms with Crippen molar-refractivity contribution >= 4 is 17.7 Å². The molecule has 0 fully saturated rings. The molecule has 7 nitrogen and oxygen atoms in total. The van der Waals surface area contributed by atoms with E-state index in [2.05, 4.69) is 10.6 Å². The van der Waals surface area contributed by atoms with Gasteiger partial charge in [-0.1, -0.05) is 13.8 Å². The maximum absolute atomic E-state index is 12.2. The number of carbonyl (C=O) groups is 3. The van der Waals surface area contributed by atoms with Crippen LogP contribution < -0.4 is 16.4 Å². The van der Waals surface area contributed by atoms with Gasteiger partial charge in [-0.25, -0.2) is 0 Å². The van der Waals surface area contributed by atoms with Crippen molar-refractivity contribution in [2.75, 3.05) is 0 Å². The van der Waals surface area contributed by atoms with Crippen molar-refractivity contribution in [3.63, 3.8) is 0 Å². The first-order chi connectivity index (χ1) is 9.77. The predicted octanol–water partition coefficient (Wildman–Crippen LogP) is 0.201. The molecule has 0 saturated carbocycles. The monoisotopic (exact) mass is 296 g/mol. The van der Waals surface area contributed by atoms with Gasteiger partial charge in [0, 0.05) is 13.3 Å². The van der Waals surface area contributed by atoms with Crippen LogP contribution in [-0.2, 0) is 14.4 Å². The van der Waals surface area contributed by atoms with Crippen LogP contribution >= 0.6 is 0 Å². The highest BCUT2D eigenvalue weighted by molar-refractivity contribution is 5.91. The van der Waals surface area contributed by atoms with Crippen LogP contribution in [0.3, 0.4) is 0 Å². The van der Waals surface area contributed by atoms with E-state index in [0.717, 1.165) is 0 Å². The molecule has 0 spiro atoms. The first kappa shape index (κ1) is 18.9. The molecule has 0 rings (SSSR count). The number of amides is 3. The molecule has 0 aromatic rings. The number of primary amides is 1. The lowest BCUT2D eigenvalue weighted by Gasteiger charge is -2.22. The Balaban J connectivity index is 4.69. The number of nitrogens with one attached hydrogen (secondary N) is 2. The zero-order valence-corrected chi connectivity index (χ0v) is 12.8. The van der Waals surface area contributed by atoms with E-state index in [1.807, 2.05) is 19.9 Å². The first-order valence-electron chi connectivity index (χ1n) is 7.01. The van der Waals surface area contributed by atoms with Gasteiger partial charge in [0.25, 0.3) is 0 Å². The number of nitriles is 1. The van der Waals surface area contributed by atoms with Gasteiger partial charge in [-0.2, -0.15) is 5.26 Å². The van der Waals surface area contributed by atoms with Crippen molar-refractivity contribution in [1.29, 1.82) is 5.26 Å². The van der Waals surface area contributed by atoms with Crippen molar-refractivity contribution < 1.29 is 14.4 Å². The summed E-state index contributed by atoms with van der Waals surface area (Å²) in [6.45, 7) is 5.19. The molecule has 7 heteroatoms. The Morgan fingerprint density at radius 2 is 1.81 bits per heavy atom. The Morgan fingerprint density at radius 3 is 2.24 bits per heavy atom. The summed E-state index contributed by atoms with van der Waals surface area (Å²) in [5.74, 6) is -1.18. The van der Waals surface area contributed by atoms with Crippen LogP contribution in [0, 0.1) is 17.2 Å². The van der Waals surface area contributed by atoms with Gasteiger partial charge < -0.3 is 16.4 Å². The molecule has 0 saturated heterocycles. The van der Waals surface area contributed by atoms with Gasteiger partial charge in [0.1, 0.15) is 12.1 Å². The molecule has 0 radical (unpaired) electrons. The second-order valence-corrected chi connectivity index (χ2v) is 5.40. The highest BCUT2D eigenvalue weighted by Crippen LogP contribution is 2.07. The molecule has 3 amide bonds. The second-order valence-electron chi connectivity index (χ2n) is 5.40. The fourth-order valence-corrected chi connectivity index (χ4v) is 1.89. The van der Waals surface area contributed by atoms with E-state index < -0.39 is 23.9 Å². The van der Waals surface area contributed by atoms with Crippen LogP contribution in [0.4, 0.5) is 0 Å². The standard InChI is InChI=1S/C14H24N4O3/c1-9(2)8-12(17-10(3)19)14(21)18-11(13(16)20)6-4-5-7-15/h9,11-12H,4-6,8H2,1-3H3,(H2,16,20)(H,17,19)(H,18,21)/t11-,12-/m0/s1. The minimum atomic E-state index is -0.825. The Morgan fingerprint density at radius 1 is 1.19 bits per heavy atom. The average Bonchev–Trinajstić information content (AvgIpc) is 2.35. The summed E-state index contributed by atoms with van der Waals surface area (Å²) in [6, 6.07) is 0.450. The minimum absolute atomic E-state index is 0.207. The van der Waals surface area contributed by atoms with Crippen molar-refractivity contribution in [1.82, 2.24) is 10.6 Å². The SMILES string of the molecule is CC(=O)N[C@@H](CC(C)C)C(=O)N[C@@H](CCCC#N)C(N)=O. The average molecular weight is 296 g/mol. The van der Waals surface area contributed by atoms with Gasteiger partial charge in [0.15, 0.2) is 0 Å². The summed E-state index contributed by atoms with van der Waals surface area (Å²) in [5, 5.41) is 13.6. The first-order valence-corrected chi connectivity index (χ1v) is 7.01. The van der Waals surface area contributed by atoms with Crippen LogP contribution in [0.5, 0.6) is 0 Å². The van der Waals surface area contributed by atoms with E-state index >= 15 is 0 Å². The maximum atomic E-state index is 12.2. The number of hydrogen-bond acceptors (Lipinski definition) is 4. The van der Waals surface area contributed by atoms with Gasteiger partial charge in [-0.05, 0) is 25.2 Å². The van der Waals surface area contributed by atoms with Crippen molar-refractivity contribution in [2.45, 2.75) is 58.5 Å². The van der Waals surface area contributed by atoms with E-state index in [0.29, 0.717) is 25.7 Å². The van der Waals surface area contributed by atoms with Crippen molar-refractivity contribution in [2.24, 2.45) is 11.7 Å². The Hall–Kier alpha value is -2.10. The quantitative estimate of drug-likeness (QED) is 0.525. The second kappa shape index (κ2) is 9.75. The third-order valence-electron chi connectivity index (χ3n) is 2.84. The smallest absolute Gasteiger partial charge is 0.243 e. The van der Waals surface area contributed by atoms with E-state index in [4.69, 9.17) is 11.0 Å². The van der Waals surface area contributed by atoms with E-state index in [1.165, 1.54) is 6.92 Å². The number of unbranched alkanes of at least 4 members (excludes halogenated alkanes) is 1. The zero-order chi connectivity index (χ0) is 16.4. The van der Waals surface area contributed by atoms with Crippen LogP contribution in [0.25, 0.3) is 0 Å². The molecule has 4 N–H and O–H groups in total. The summed E-state index contributed by atoms with van der Waals surface area (Å²) in [7, 11) is 0. The van der Waals surface area contributed by atoms with Crippen LogP contribution in [0.15, 0.2) is 0 Å². The van der Waals surface area contributed by atoms with E-state index in [-0.39, 0.29) is 11.8 Å². The molecule has 0 aliphatic carbocycles. The molecule has 2 atom stereocenters. The Bertz CT molecular complexity index is 415. The highest BCUT2D eigenvalue weighted by Gasteiger charge is 2.25. The lowest BCUT2D eigenvalue weighted by Crippen LogP contribution is -2.53. The van der Waals surface area contributed by atoms with Gasteiger partial charge in [-0.15, -0.1) is 0 Å². The summed E-state index contributed by atoms with van der Waals surface area (Å²) in [6.07, 6.45) is 1.54. The zero-order valence-electron chi connectivity index (χ0n) is 12.8. The number of nitrogens with two attached hydrogens (primary N) is 1. The fraction of sp³-hybridized carbons (Fsp3) is 0.714. The molecule has 0 aliphatic rings. The lowest BCUT2D eigenvalue weighted by atomic mass is 10.0. The number of nitrogens with zero attached hydrogens (tertiary/aromatic N) is 1. The largest absolute Gasteiger partial charge is 0.368 e. The molecule has 21 heavy (non-hydrogen) atoms. The molecule has 0 heterocycles. The Labute approximate surface area is 125 Å². The van der Waals surface area contributed by atoms with Crippen LogP contribution in [-0.4, -0.2) is 29.8 Å². The van der Waals surface area contributed by atoms with Gasteiger partial charge in [0.2, 0.25) is 17.7 Å². The summed E-state index contributed by atoms with van der Waals surface area (Å²) >= 11 is 0. The number of rotatable bonds is 9.